The second-order valence-corrected chi connectivity index (χ2v) is 4.05. The van der Waals surface area contributed by atoms with Crippen LogP contribution in [0.5, 0.6) is 0 Å². The average molecular weight is 155 g/mol. The van der Waals surface area contributed by atoms with Crippen molar-refractivity contribution in [3.05, 3.63) is 0 Å². The first-order chi connectivity index (χ1) is 5.32. The zero-order valence-electron chi connectivity index (χ0n) is 7.18. The molecule has 2 fully saturated rings. The molecular formula is C9H17NO. The van der Waals surface area contributed by atoms with E-state index >= 15 is 0 Å². The fourth-order valence-electron chi connectivity index (χ4n) is 2.30. The molecule has 0 aromatic carbocycles. The minimum atomic E-state index is 0.546. The maximum Gasteiger partial charge on any atom is 0.0547 e. The number of nitrogens with two attached hydrogens (primary N) is 1. The summed E-state index contributed by atoms with van der Waals surface area (Å²) in [6.07, 6.45) is 2.63. The molecule has 1 saturated heterocycles. The molecule has 2 unspecified atom stereocenters. The lowest BCUT2D eigenvalue weighted by molar-refractivity contribution is -0.130. The van der Waals surface area contributed by atoms with Gasteiger partial charge in [-0.15, -0.1) is 0 Å². The van der Waals surface area contributed by atoms with E-state index in [4.69, 9.17) is 10.5 Å². The van der Waals surface area contributed by atoms with Gasteiger partial charge in [0.1, 0.15) is 0 Å². The van der Waals surface area contributed by atoms with Crippen molar-refractivity contribution < 1.29 is 4.74 Å². The fourth-order valence-corrected chi connectivity index (χ4v) is 2.30. The highest BCUT2D eigenvalue weighted by Gasteiger charge is 2.54. The topological polar surface area (TPSA) is 35.2 Å². The minimum Gasteiger partial charge on any atom is -0.380 e. The van der Waals surface area contributed by atoms with Gasteiger partial charge in [-0.25, -0.2) is 0 Å². The van der Waals surface area contributed by atoms with Gasteiger partial charge in [-0.2, -0.15) is 0 Å². The normalized spacial score (nSPS) is 39.8. The molecule has 1 heterocycles. The van der Waals surface area contributed by atoms with Crippen molar-refractivity contribution in [2.45, 2.75) is 19.8 Å². The molecule has 2 heteroatoms. The smallest absolute Gasteiger partial charge is 0.0547 e. The van der Waals surface area contributed by atoms with Crippen LogP contribution in [0, 0.1) is 17.3 Å². The van der Waals surface area contributed by atoms with Crippen LogP contribution in [0.4, 0.5) is 0 Å². The van der Waals surface area contributed by atoms with Crippen LogP contribution in [0.2, 0.25) is 0 Å². The summed E-state index contributed by atoms with van der Waals surface area (Å²) in [5.74, 6) is 1.71. The van der Waals surface area contributed by atoms with E-state index in [-0.39, 0.29) is 0 Å². The zero-order chi connectivity index (χ0) is 7.90. The molecule has 1 aliphatic heterocycles. The molecule has 1 saturated carbocycles. The van der Waals surface area contributed by atoms with Gasteiger partial charge >= 0.3 is 0 Å². The summed E-state index contributed by atoms with van der Waals surface area (Å²) in [6.45, 7) is 5.14. The highest BCUT2D eigenvalue weighted by molar-refractivity contribution is 5.03. The van der Waals surface area contributed by atoms with Crippen LogP contribution in [0.1, 0.15) is 19.8 Å². The number of rotatable bonds is 3. The summed E-state index contributed by atoms with van der Waals surface area (Å²) in [7, 11) is 0. The zero-order valence-corrected chi connectivity index (χ0v) is 7.18. The van der Waals surface area contributed by atoms with Crippen LogP contribution < -0.4 is 5.73 Å². The van der Waals surface area contributed by atoms with Crippen LogP contribution >= 0.6 is 0 Å². The molecular weight excluding hydrogens is 138 g/mol. The quantitative estimate of drug-likeness (QED) is 0.660. The van der Waals surface area contributed by atoms with Gasteiger partial charge in [0, 0.05) is 5.41 Å². The molecule has 2 atom stereocenters. The maximum atomic E-state index is 5.61. The van der Waals surface area contributed by atoms with E-state index in [1.54, 1.807) is 0 Å². The number of hydrogen-bond donors (Lipinski definition) is 1. The minimum absolute atomic E-state index is 0.546. The highest BCUT2D eigenvalue weighted by Crippen LogP contribution is 2.55. The Morgan fingerprint density at radius 1 is 1.55 bits per heavy atom. The first-order valence-corrected chi connectivity index (χ1v) is 4.60. The predicted octanol–water partition coefficient (Wildman–Crippen LogP) is 1.01. The Kier molecular flexibility index (Phi) is 1.69. The van der Waals surface area contributed by atoms with Crippen LogP contribution in [0.15, 0.2) is 0 Å². The third kappa shape index (κ3) is 1.00. The van der Waals surface area contributed by atoms with Crippen LogP contribution in [0.3, 0.4) is 0 Å². The van der Waals surface area contributed by atoms with Gasteiger partial charge in [-0.1, -0.05) is 6.92 Å². The molecule has 0 bridgehead atoms. The first kappa shape index (κ1) is 7.56. The van der Waals surface area contributed by atoms with E-state index < -0.39 is 0 Å². The molecule has 2 aliphatic rings. The largest absolute Gasteiger partial charge is 0.380 e. The second kappa shape index (κ2) is 2.46. The summed E-state index contributed by atoms with van der Waals surface area (Å²) < 4.78 is 5.28. The van der Waals surface area contributed by atoms with Gasteiger partial charge < -0.3 is 10.5 Å². The SMILES string of the molecule is CCC1(C2CC2CN)COC1. The Balaban J connectivity index is 1.93. The van der Waals surface area contributed by atoms with Gasteiger partial charge in [-0.05, 0) is 31.2 Å². The Morgan fingerprint density at radius 3 is 2.55 bits per heavy atom. The molecule has 2 rings (SSSR count). The van der Waals surface area contributed by atoms with Crippen molar-refractivity contribution in [1.82, 2.24) is 0 Å². The van der Waals surface area contributed by atoms with Crippen molar-refractivity contribution in [1.29, 1.82) is 0 Å². The molecule has 11 heavy (non-hydrogen) atoms. The highest BCUT2D eigenvalue weighted by atomic mass is 16.5. The number of ether oxygens (including phenoxy) is 1. The fraction of sp³-hybridized carbons (Fsp3) is 1.00. The monoisotopic (exact) mass is 155 g/mol. The summed E-state index contributed by atoms with van der Waals surface area (Å²) >= 11 is 0. The van der Waals surface area contributed by atoms with Crippen molar-refractivity contribution in [3.63, 3.8) is 0 Å². The van der Waals surface area contributed by atoms with Gasteiger partial charge in [0.15, 0.2) is 0 Å². The molecule has 2 N–H and O–H groups in total. The summed E-state index contributed by atoms with van der Waals surface area (Å²) in [4.78, 5) is 0. The molecule has 64 valence electrons. The standard InChI is InChI=1S/C9H17NO/c1-2-9(5-11-6-9)8-3-7(8)4-10/h7-8H,2-6,10H2,1H3. The number of hydrogen-bond acceptors (Lipinski definition) is 2. The summed E-state index contributed by atoms with van der Waals surface area (Å²) in [5.41, 5.74) is 6.16. The Hall–Kier alpha value is -0.0800. The molecule has 0 aromatic heterocycles. The van der Waals surface area contributed by atoms with E-state index in [1.807, 2.05) is 0 Å². The lowest BCUT2D eigenvalue weighted by Gasteiger charge is -2.41. The van der Waals surface area contributed by atoms with E-state index in [0.29, 0.717) is 5.41 Å². The third-order valence-corrected chi connectivity index (χ3v) is 3.50. The van der Waals surface area contributed by atoms with Gasteiger partial charge in [-0.3, -0.25) is 0 Å². The van der Waals surface area contributed by atoms with Gasteiger partial charge in [0.2, 0.25) is 0 Å². The van der Waals surface area contributed by atoms with E-state index in [0.717, 1.165) is 31.6 Å². The lowest BCUT2D eigenvalue weighted by atomic mass is 9.77. The van der Waals surface area contributed by atoms with E-state index in [2.05, 4.69) is 6.92 Å². The van der Waals surface area contributed by atoms with E-state index in [1.165, 1.54) is 12.8 Å². The van der Waals surface area contributed by atoms with Crippen molar-refractivity contribution in [2.75, 3.05) is 19.8 Å². The van der Waals surface area contributed by atoms with Crippen molar-refractivity contribution in [2.24, 2.45) is 23.0 Å². The Bertz CT molecular complexity index is 148. The van der Waals surface area contributed by atoms with Gasteiger partial charge in [0.25, 0.3) is 0 Å². The summed E-state index contributed by atoms with van der Waals surface area (Å²) in [6, 6.07) is 0. The average Bonchev–Trinajstić information content (AvgIpc) is 2.67. The molecule has 0 amide bonds. The molecule has 2 nitrogen and oxygen atoms in total. The van der Waals surface area contributed by atoms with Crippen molar-refractivity contribution in [3.8, 4) is 0 Å². The molecule has 0 spiro atoms. The van der Waals surface area contributed by atoms with Crippen molar-refractivity contribution >= 4 is 0 Å². The maximum absolute atomic E-state index is 5.61. The van der Waals surface area contributed by atoms with Crippen LogP contribution in [0.25, 0.3) is 0 Å². The Labute approximate surface area is 68.1 Å². The van der Waals surface area contributed by atoms with Gasteiger partial charge in [0.05, 0.1) is 13.2 Å². The summed E-state index contributed by atoms with van der Waals surface area (Å²) in [5, 5.41) is 0. The Morgan fingerprint density at radius 2 is 2.27 bits per heavy atom. The van der Waals surface area contributed by atoms with E-state index in [9.17, 15) is 0 Å². The first-order valence-electron chi connectivity index (χ1n) is 4.60. The lowest BCUT2D eigenvalue weighted by Crippen LogP contribution is -2.44. The third-order valence-electron chi connectivity index (χ3n) is 3.50. The molecule has 0 aromatic rings. The molecule has 1 aliphatic carbocycles. The molecule has 0 radical (unpaired) electrons. The van der Waals surface area contributed by atoms with Crippen LogP contribution in [-0.2, 0) is 4.74 Å². The van der Waals surface area contributed by atoms with Crippen LogP contribution in [-0.4, -0.2) is 19.8 Å². The predicted molar refractivity (Wildman–Crippen MR) is 44.2 cm³/mol. The second-order valence-electron chi connectivity index (χ2n) is 4.05.